The zero-order valence-corrected chi connectivity index (χ0v) is 19.6. The van der Waals surface area contributed by atoms with E-state index in [2.05, 4.69) is 15.5 Å². The van der Waals surface area contributed by atoms with Gasteiger partial charge in [0.15, 0.2) is 10.8 Å². The molecule has 0 radical (unpaired) electrons. The van der Waals surface area contributed by atoms with Crippen LogP contribution in [-0.4, -0.2) is 59.6 Å². The lowest BCUT2D eigenvalue weighted by atomic mass is 10.1. The molecule has 2 aromatic rings. The molecule has 1 aliphatic carbocycles. The predicted octanol–water partition coefficient (Wildman–Crippen LogP) is 3.81. The van der Waals surface area contributed by atoms with E-state index in [0.717, 1.165) is 9.96 Å². The molecule has 2 N–H and O–H groups in total. The molecule has 11 heteroatoms. The topological polar surface area (TPSA) is 102 Å². The molecule has 0 unspecified atom stereocenters. The van der Waals surface area contributed by atoms with Gasteiger partial charge in [-0.05, 0) is 37.1 Å². The number of carbonyl (C=O) groups is 1. The van der Waals surface area contributed by atoms with Crippen LogP contribution in [0.4, 0.5) is 5.13 Å². The Morgan fingerprint density at radius 2 is 2.13 bits per heavy atom. The lowest BCUT2D eigenvalue weighted by Gasteiger charge is -2.08. The Labute approximate surface area is 194 Å². The number of thioether (sulfide) groups is 1. The quantitative estimate of drug-likeness (QED) is 0.137. The Kier molecular flexibility index (Phi) is 9.94. The number of aromatic nitrogens is 1. The van der Waals surface area contributed by atoms with Gasteiger partial charge < -0.3 is 18.9 Å². The summed E-state index contributed by atoms with van der Waals surface area (Å²) in [7, 11) is 1.62. The van der Waals surface area contributed by atoms with Gasteiger partial charge in [-0.2, -0.15) is 0 Å². The summed E-state index contributed by atoms with van der Waals surface area (Å²) in [6.45, 7) is 0.971. The van der Waals surface area contributed by atoms with Crippen LogP contribution in [0.1, 0.15) is 24.8 Å². The van der Waals surface area contributed by atoms with Gasteiger partial charge in [-0.1, -0.05) is 16.5 Å². The van der Waals surface area contributed by atoms with E-state index < -0.39 is 5.91 Å². The number of carbonyl (C=O) groups excluding carboxylic acids is 1. The molecule has 1 aromatic heterocycles. The van der Waals surface area contributed by atoms with Gasteiger partial charge in [0.25, 0.3) is 5.91 Å². The normalized spacial score (nSPS) is 13.8. The molecule has 8 nitrogen and oxygen atoms in total. The average Bonchev–Trinajstić information content (AvgIpc) is 3.51. The number of amides is 1. The van der Waals surface area contributed by atoms with Crippen molar-refractivity contribution in [2.45, 2.75) is 28.7 Å². The Bertz CT molecular complexity index is 856. The second kappa shape index (κ2) is 12.9. The molecular weight excluding hydrogens is 458 g/mol. The molecule has 1 aromatic carbocycles. The number of anilines is 1. The van der Waals surface area contributed by atoms with Crippen LogP contribution in [0.5, 0.6) is 5.75 Å². The van der Waals surface area contributed by atoms with Crippen LogP contribution >= 0.6 is 35.1 Å². The van der Waals surface area contributed by atoms with Crippen molar-refractivity contribution in [1.82, 2.24) is 4.98 Å². The number of nitrogens with one attached hydrogen (secondary N) is 1. The van der Waals surface area contributed by atoms with E-state index in [1.807, 2.05) is 12.1 Å². The van der Waals surface area contributed by atoms with Crippen molar-refractivity contribution in [3.63, 3.8) is 0 Å². The minimum Gasteiger partial charge on any atom is -0.426 e. The summed E-state index contributed by atoms with van der Waals surface area (Å²) in [6, 6.07) is 7.19. The van der Waals surface area contributed by atoms with Gasteiger partial charge in [-0.15, -0.1) is 11.8 Å². The maximum Gasteiger partial charge on any atom is 0.280 e. The second-order valence-corrected chi connectivity index (χ2v) is 9.99. The summed E-state index contributed by atoms with van der Waals surface area (Å²) in [6.07, 6.45) is 4.72. The number of hydrogen-bond acceptors (Lipinski definition) is 10. The fourth-order valence-electron chi connectivity index (χ4n) is 2.25. The minimum absolute atomic E-state index is 0.0837. The highest BCUT2D eigenvalue weighted by molar-refractivity contribution is 8.01. The van der Waals surface area contributed by atoms with Crippen LogP contribution in [0.15, 0.2) is 39.8 Å². The summed E-state index contributed by atoms with van der Waals surface area (Å²) in [4.78, 5) is 22.5. The van der Waals surface area contributed by atoms with Gasteiger partial charge in [-0.25, -0.2) is 4.98 Å². The van der Waals surface area contributed by atoms with Gasteiger partial charge >= 0.3 is 0 Å². The van der Waals surface area contributed by atoms with Gasteiger partial charge in [0.1, 0.15) is 12.4 Å². The van der Waals surface area contributed by atoms with Crippen LogP contribution in [0.25, 0.3) is 0 Å². The summed E-state index contributed by atoms with van der Waals surface area (Å²) >= 11 is 4.30. The summed E-state index contributed by atoms with van der Waals surface area (Å²) in [5, 5.41) is 16.8. The van der Waals surface area contributed by atoms with E-state index >= 15 is 0 Å². The maximum atomic E-state index is 12.9. The first kappa shape index (κ1) is 23.9. The third-order valence-electron chi connectivity index (χ3n) is 3.93. The highest BCUT2D eigenvalue weighted by atomic mass is 32.2. The Morgan fingerprint density at radius 1 is 1.32 bits per heavy atom. The molecule has 168 valence electrons. The van der Waals surface area contributed by atoms with Gasteiger partial charge in [0, 0.05) is 36.7 Å². The number of methoxy groups -OCH3 is 1. The molecule has 0 bridgehead atoms. The molecule has 0 atom stereocenters. The summed E-state index contributed by atoms with van der Waals surface area (Å²) in [5.41, 5.74) is 0.762. The highest BCUT2D eigenvalue weighted by Gasteiger charge is 2.24. The monoisotopic (exact) mass is 483 g/mol. The number of hydrogen-bond donors (Lipinski definition) is 2. The van der Waals surface area contributed by atoms with Crippen LogP contribution in [0.3, 0.4) is 0 Å². The van der Waals surface area contributed by atoms with E-state index in [1.54, 1.807) is 25.4 Å². The van der Waals surface area contributed by atoms with Gasteiger partial charge in [0.2, 0.25) is 0 Å². The van der Waals surface area contributed by atoms with E-state index in [-0.39, 0.29) is 12.3 Å². The van der Waals surface area contributed by atoms with Crippen molar-refractivity contribution < 1.29 is 23.7 Å². The van der Waals surface area contributed by atoms with Crippen LogP contribution in [0.2, 0.25) is 0 Å². The number of benzene rings is 1. The lowest BCUT2D eigenvalue weighted by molar-refractivity contribution is -0.110. The number of ether oxygens (including phenoxy) is 1. The molecule has 0 aliphatic heterocycles. The SMILES string of the molecule is COCCCO/N=C(/C(=O)Nc1ncc(SCCO)s1)c1ccc(OSC2CC2)cc1. The number of aliphatic hydroxyl groups is 1. The molecule has 1 saturated carbocycles. The molecule has 1 amide bonds. The first-order valence-electron chi connectivity index (χ1n) is 9.83. The number of thiazole rings is 1. The van der Waals surface area contributed by atoms with Crippen LogP contribution in [0, 0.1) is 0 Å². The van der Waals surface area contributed by atoms with E-state index in [9.17, 15) is 4.79 Å². The largest absolute Gasteiger partial charge is 0.426 e. The van der Waals surface area contributed by atoms with Crippen LogP contribution < -0.4 is 9.50 Å². The molecule has 1 fully saturated rings. The molecule has 0 saturated heterocycles. The van der Waals surface area contributed by atoms with E-state index in [0.29, 0.717) is 41.3 Å². The lowest BCUT2D eigenvalue weighted by Crippen LogP contribution is -2.24. The van der Waals surface area contributed by atoms with Gasteiger partial charge in [-0.3, -0.25) is 10.1 Å². The second-order valence-electron chi connectivity index (χ2n) is 6.53. The summed E-state index contributed by atoms with van der Waals surface area (Å²) in [5.74, 6) is 0.887. The first-order chi connectivity index (χ1) is 15.2. The van der Waals surface area contributed by atoms with E-state index in [1.165, 1.54) is 48.0 Å². The molecule has 1 aliphatic rings. The highest BCUT2D eigenvalue weighted by Crippen LogP contribution is 2.35. The maximum absolute atomic E-state index is 12.9. The number of nitrogens with zero attached hydrogens (tertiary/aromatic N) is 2. The van der Waals surface area contributed by atoms with E-state index in [4.69, 9.17) is 18.9 Å². The zero-order chi connectivity index (χ0) is 21.9. The number of oxime groups is 1. The minimum atomic E-state index is -0.416. The van der Waals surface area contributed by atoms with Crippen molar-refractivity contribution in [2.24, 2.45) is 5.16 Å². The number of rotatable bonds is 14. The molecule has 3 rings (SSSR count). The van der Waals surface area contributed by atoms with Crippen molar-refractivity contribution in [1.29, 1.82) is 0 Å². The predicted molar refractivity (Wildman–Crippen MR) is 125 cm³/mol. The third kappa shape index (κ3) is 8.34. The Hall–Kier alpha value is -1.79. The first-order valence-corrected chi connectivity index (χ1v) is 12.4. The number of aliphatic hydroxyl groups excluding tert-OH is 1. The fraction of sp³-hybridized carbons (Fsp3) is 0.450. The fourth-order valence-corrected chi connectivity index (χ4v) is 4.62. The van der Waals surface area contributed by atoms with Crippen molar-refractivity contribution in [2.75, 3.05) is 38.0 Å². The molecular formula is C20H25N3O5S3. The molecule has 31 heavy (non-hydrogen) atoms. The van der Waals surface area contributed by atoms with Gasteiger partial charge in [0.05, 0.1) is 29.1 Å². The van der Waals surface area contributed by atoms with Crippen molar-refractivity contribution >= 4 is 51.9 Å². The average molecular weight is 484 g/mol. The molecule has 1 heterocycles. The Morgan fingerprint density at radius 3 is 2.84 bits per heavy atom. The van der Waals surface area contributed by atoms with Crippen molar-refractivity contribution in [3.05, 3.63) is 36.0 Å². The zero-order valence-electron chi connectivity index (χ0n) is 17.1. The Balaban J connectivity index is 1.66. The molecule has 0 spiro atoms. The van der Waals surface area contributed by atoms with Crippen molar-refractivity contribution in [3.8, 4) is 5.75 Å². The standard InChI is InChI=1S/C20H25N3O5S3/c1-26-10-2-11-27-23-18(14-3-5-15(6-4-14)28-31-16-7-8-16)19(25)22-20-21-13-17(30-20)29-12-9-24/h3-6,13,16,24H,2,7-12H2,1H3,(H,21,22,25)/b23-18+. The smallest absolute Gasteiger partial charge is 0.280 e. The summed E-state index contributed by atoms with van der Waals surface area (Å²) < 4.78 is 11.6. The third-order valence-corrected chi connectivity index (χ3v) is 7.05. The van der Waals surface area contributed by atoms with Crippen LogP contribution in [-0.2, 0) is 14.4 Å².